The Labute approximate surface area is 166 Å². The summed E-state index contributed by atoms with van der Waals surface area (Å²) in [5.74, 6) is 1.54. The van der Waals surface area contributed by atoms with E-state index in [9.17, 15) is 4.79 Å². The Morgan fingerprint density at radius 2 is 1.89 bits per heavy atom. The lowest BCUT2D eigenvalue weighted by molar-refractivity contribution is 0.129. The van der Waals surface area contributed by atoms with Crippen molar-refractivity contribution in [1.82, 2.24) is 15.1 Å². The van der Waals surface area contributed by atoms with Crippen molar-refractivity contribution in [2.24, 2.45) is 0 Å². The number of hydrogen-bond donors (Lipinski definition) is 1. The van der Waals surface area contributed by atoms with Crippen LogP contribution >= 0.6 is 0 Å². The van der Waals surface area contributed by atoms with Crippen LogP contribution in [0.2, 0.25) is 0 Å². The minimum absolute atomic E-state index is 0.000641. The Morgan fingerprint density at radius 3 is 2.64 bits per heavy atom. The van der Waals surface area contributed by atoms with Gasteiger partial charge in [0.15, 0.2) is 11.5 Å². The van der Waals surface area contributed by atoms with Gasteiger partial charge in [-0.25, -0.2) is 4.79 Å². The molecular formula is C22H27N3O3. The van der Waals surface area contributed by atoms with Crippen molar-refractivity contribution in [3.63, 3.8) is 0 Å². The first-order valence-electron chi connectivity index (χ1n) is 9.83. The van der Waals surface area contributed by atoms with E-state index in [0.717, 1.165) is 56.2 Å². The number of amides is 2. The Kier molecular flexibility index (Phi) is 5.67. The van der Waals surface area contributed by atoms with E-state index in [0.29, 0.717) is 6.61 Å². The van der Waals surface area contributed by atoms with E-state index in [1.807, 2.05) is 29.2 Å². The average Bonchev–Trinajstić information content (AvgIpc) is 2.74. The minimum atomic E-state index is -0.0190. The van der Waals surface area contributed by atoms with E-state index in [1.165, 1.54) is 5.56 Å². The number of nitrogens with zero attached hydrogens (tertiary/aromatic N) is 2. The van der Waals surface area contributed by atoms with Crippen LogP contribution in [-0.4, -0.2) is 61.8 Å². The Balaban J connectivity index is 1.27. The van der Waals surface area contributed by atoms with E-state index >= 15 is 0 Å². The van der Waals surface area contributed by atoms with E-state index in [-0.39, 0.29) is 12.1 Å². The first-order valence-corrected chi connectivity index (χ1v) is 9.83. The van der Waals surface area contributed by atoms with Crippen molar-refractivity contribution < 1.29 is 14.3 Å². The van der Waals surface area contributed by atoms with Crippen molar-refractivity contribution in [1.29, 1.82) is 0 Å². The third-order valence-electron chi connectivity index (χ3n) is 5.41. The Bertz CT molecular complexity index is 804. The molecule has 2 heterocycles. The zero-order valence-electron chi connectivity index (χ0n) is 16.3. The lowest BCUT2D eigenvalue weighted by atomic mass is 10.0. The molecule has 0 bridgehead atoms. The normalized spacial score (nSPS) is 19.5. The molecule has 0 aromatic heterocycles. The molecular weight excluding hydrogens is 354 g/mol. The highest BCUT2D eigenvalue weighted by molar-refractivity contribution is 5.74. The highest BCUT2D eigenvalue weighted by Gasteiger charge is 2.27. The average molecular weight is 381 g/mol. The van der Waals surface area contributed by atoms with Gasteiger partial charge in [0.25, 0.3) is 0 Å². The number of carbonyl (C=O) groups excluding carboxylic acids is 1. The fraction of sp³-hybridized carbons (Fsp3) is 0.409. The number of piperazine rings is 1. The molecule has 2 amide bonds. The number of rotatable bonds is 4. The van der Waals surface area contributed by atoms with Gasteiger partial charge < -0.3 is 19.7 Å². The number of urea groups is 1. The van der Waals surface area contributed by atoms with Crippen molar-refractivity contribution in [3.05, 3.63) is 59.7 Å². The van der Waals surface area contributed by atoms with Gasteiger partial charge in [-0.2, -0.15) is 0 Å². The van der Waals surface area contributed by atoms with Crippen LogP contribution in [0.15, 0.2) is 48.5 Å². The molecule has 28 heavy (non-hydrogen) atoms. The summed E-state index contributed by atoms with van der Waals surface area (Å²) in [6.07, 6.45) is 0.756. The van der Waals surface area contributed by atoms with Crippen molar-refractivity contribution in [2.75, 3.05) is 39.9 Å². The van der Waals surface area contributed by atoms with Gasteiger partial charge in [0, 0.05) is 38.3 Å². The molecule has 2 aromatic rings. The molecule has 0 radical (unpaired) electrons. The molecule has 6 nitrogen and oxygen atoms in total. The number of hydrogen-bond acceptors (Lipinski definition) is 4. The molecule has 1 atom stereocenters. The predicted octanol–water partition coefficient (Wildman–Crippen LogP) is 2.53. The van der Waals surface area contributed by atoms with Crippen LogP contribution in [0.5, 0.6) is 11.5 Å². The van der Waals surface area contributed by atoms with Crippen LogP contribution in [-0.2, 0) is 13.0 Å². The van der Waals surface area contributed by atoms with Gasteiger partial charge in [0.2, 0.25) is 0 Å². The monoisotopic (exact) mass is 381 g/mol. The van der Waals surface area contributed by atoms with Crippen molar-refractivity contribution in [2.45, 2.75) is 19.0 Å². The highest BCUT2D eigenvalue weighted by atomic mass is 16.5. The molecule has 2 aliphatic rings. The molecule has 1 fully saturated rings. The van der Waals surface area contributed by atoms with E-state index < -0.39 is 0 Å². The number of methoxy groups -OCH3 is 1. The van der Waals surface area contributed by atoms with Crippen LogP contribution in [0.1, 0.15) is 11.1 Å². The minimum Gasteiger partial charge on any atom is -0.493 e. The van der Waals surface area contributed by atoms with Crippen molar-refractivity contribution in [3.8, 4) is 11.5 Å². The van der Waals surface area contributed by atoms with Crippen LogP contribution in [0.25, 0.3) is 0 Å². The fourth-order valence-electron chi connectivity index (χ4n) is 3.86. The number of ether oxygens (including phenoxy) is 2. The molecule has 1 saturated heterocycles. The standard InChI is InChI=1S/C22H27N3O3/c1-27-20-9-5-8-18-14-19(16-28-21(18)20)23-22(26)25-12-10-24(11-13-25)15-17-6-3-2-4-7-17/h2-9,19H,10-16H2,1H3,(H,23,26). The number of carbonyl (C=O) groups is 1. The quantitative estimate of drug-likeness (QED) is 0.884. The van der Waals surface area contributed by atoms with E-state index in [1.54, 1.807) is 7.11 Å². The number of benzene rings is 2. The number of fused-ring (bicyclic) bond motifs is 1. The smallest absolute Gasteiger partial charge is 0.317 e. The lowest BCUT2D eigenvalue weighted by Crippen LogP contribution is -2.54. The van der Waals surface area contributed by atoms with Gasteiger partial charge >= 0.3 is 6.03 Å². The van der Waals surface area contributed by atoms with Gasteiger partial charge in [0.05, 0.1) is 13.2 Å². The third-order valence-corrected chi connectivity index (χ3v) is 5.41. The summed E-state index contributed by atoms with van der Waals surface area (Å²) < 4.78 is 11.2. The van der Waals surface area contributed by atoms with Crippen LogP contribution in [0.4, 0.5) is 4.79 Å². The van der Waals surface area contributed by atoms with Crippen LogP contribution in [0, 0.1) is 0 Å². The first kappa shape index (κ1) is 18.6. The SMILES string of the molecule is COc1cccc2c1OCC(NC(=O)N1CCN(Cc3ccccc3)CC1)C2. The highest BCUT2D eigenvalue weighted by Crippen LogP contribution is 2.34. The van der Waals surface area contributed by atoms with Gasteiger partial charge in [-0.05, 0) is 18.1 Å². The summed E-state index contributed by atoms with van der Waals surface area (Å²) in [4.78, 5) is 17.0. The molecule has 148 valence electrons. The maximum atomic E-state index is 12.7. The first-order chi connectivity index (χ1) is 13.7. The molecule has 4 rings (SSSR count). The molecule has 2 aliphatic heterocycles. The summed E-state index contributed by atoms with van der Waals surface area (Å²) in [7, 11) is 1.64. The second-order valence-corrected chi connectivity index (χ2v) is 7.36. The molecule has 2 aromatic carbocycles. The van der Waals surface area contributed by atoms with Gasteiger partial charge in [0.1, 0.15) is 6.61 Å². The van der Waals surface area contributed by atoms with Gasteiger partial charge in [-0.1, -0.05) is 42.5 Å². The molecule has 6 heteroatoms. The molecule has 1 N–H and O–H groups in total. The lowest BCUT2D eigenvalue weighted by Gasteiger charge is -2.36. The van der Waals surface area contributed by atoms with E-state index in [4.69, 9.17) is 9.47 Å². The molecule has 0 saturated carbocycles. The number of para-hydroxylation sites is 1. The maximum Gasteiger partial charge on any atom is 0.317 e. The molecule has 0 spiro atoms. The maximum absolute atomic E-state index is 12.7. The predicted molar refractivity (Wildman–Crippen MR) is 108 cm³/mol. The Morgan fingerprint density at radius 1 is 1.11 bits per heavy atom. The molecule has 0 aliphatic carbocycles. The Hall–Kier alpha value is -2.73. The largest absolute Gasteiger partial charge is 0.493 e. The zero-order chi connectivity index (χ0) is 19.3. The van der Waals surface area contributed by atoms with Crippen molar-refractivity contribution >= 4 is 6.03 Å². The summed E-state index contributed by atoms with van der Waals surface area (Å²) in [6.45, 7) is 4.68. The zero-order valence-corrected chi connectivity index (χ0v) is 16.3. The number of nitrogens with one attached hydrogen (secondary N) is 1. The van der Waals surface area contributed by atoms with Crippen LogP contribution < -0.4 is 14.8 Å². The second-order valence-electron chi connectivity index (χ2n) is 7.36. The van der Waals surface area contributed by atoms with Crippen LogP contribution in [0.3, 0.4) is 0 Å². The van der Waals surface area contributed by atoms with Gasteiger partial charge in [-0.15, -0.1) is 0 Å². The second kappa shape index (κ2) is 8.52. The summed E-state index contributed by atoms with van der Waals surface area (Å²) in [5.41, 5.74) is 2.39. The summed E-state index contributed by atoms with van der Waals surface area (Å²) >= 11 is 0. The summed E-state index contributed by atoms with van der Waals surface area (Å²) in [5, 5.41) is 3.13. The van der Waals surface area contributed by atoms with E-state index in [2.05, 4.69) is 34.5 Å². The van der Waals surface area contributed by atoms with Gasteiger partial charge in [-0.3, -0.25) is 4.90 Å². The third kappa shape index (κ3) is 4.22. The topological polar surface area (TPSA) is 54.0 Å². The molecule has 1 unspecified atom stereocenters. The summed E-state index contributed by atoms with van der Waals surface area (Å²) in [6, 6.07) is 16.3. The fourth-order valence-corrected chi connectivity index (χ4v) is 3.86.